The number of allylic oxidation sites excluding steroid dienone is 28. The maximum atomic E-state index is 12.8. The lowest BCUT2D eigenvalue weighted by molar-refractivity contribution is -0.167. The molecule has 6 heteroatoms. The number of carbonyl (C=O) groups excluding carboxylic acids is 3. The third kappa shape index (κ3) is 63.5. The third-order valence-corrected chi connectivity index (χ3v) is 12.7. The number of hydrogen-bond donors (Lipinski definition) is 0. The average Bonchev–Trinajstić information content (AvgIpc) is 3.45. The van der Waals surface area contributed by atoms with Crippen LogP contribution in [-0.4, -0.2) is 37.2 Å². The van der Waals surface area contributed by atoms with Gasteiger partial charge in [0, 0.05) is 19.3 Å². The normalized spacial score (nSPS) is 13.3. The van der Waals surface area contributed by atoms with Gasteiger partial charge in [0.1, 0.15) is 13.2 Å². The quantitative estimate of drug-likeness (QED) is 0.0261. The van der Waals surface area contributed by atoms with Gasteiger partial charge in [-0.1, -0.05) is 274 Å². The first kappa shape index (κ1) is 73.8. The summed E-state index contributed by atoms with van der Waals surface area (Å²) in [7, 11) is 0. The molecule has 0 aliphatic rings. The van der Waals surface area contributed by atoms with Crippen LogP contribution in [0.15, 0.2) is 170 Å². The number of ether oxygens (including phenoxy) is 3. The molecule has 0 amide bonds. The first-order valence-electron chi connectivity index (χ1n) is 31.6. The van der Waals surface area contributed by atoms with Crippen LogP contribution >= 0.6 is 0 Å². The van der Waals surface area contributed by atoms with Crippen LogP contribution in [-0.2, 0) is 28.6 Å². The summed E-state index contributed by atoms with van der Waals surface area (Å²) >= 11 is 0. The topological polar surface area (TPSA) is 78.9 Å². The lowest BCUT2D eigenvalue weighted by Gasteiger charge is -2.18. The molecule has 0 saturated heterocycles. The summed E-state index contributed by atoms with van der Waals surface area (Å²) in [6.45, 7) is 6.30. The van der Waals surface area contributed by atoms with Gasteiger partial charge in [0.2, 0.25) is 0 Å². The highest BCUT2D eigenvalue weighted by Gasteiger charge is 2.19. The van der Waals surface area contributed by atoms with Crippen LogP contribution in [0, 0.1) is 0 Å². The summed E-state index contributed by atoms with van der Waals surface area (Å²) in [5.41, 5.74) is 0. The second-order valence-corrected chi connectivity index (χ2v) is 20.2. The molecule has 0 heterocycles. The van der Waals surface area contributed by atoms with Crippen molar-refractivity contribution in [2.24, 2.45) is 0 Å². The summed E-state index contributed by atoms with van der Waals surface area (Å²) in [6, 6.07) is 0. The molecule has 0 aromatic carbocycles. The molecule has 0 aromatic heterocycles. The van der Waals surface area contributed by atoms with E-state index < -0.39 is 6.10 Å². The molecule has 442 valence electrons. The molecule has 0 saturated carbocycles. The van der Waals surface area contributed by atoms with Gasteiger partial charge in [0.25, 0.3) is 0 Å². The van der Waals surface area contributed by atoms with Crippen LogP contribution in [0.1, 0.15) is 252 Å². The predicted octanol–water partition coefficient (Wildman–Crippen LogP) is 21.9. The van der Waals surface area contributed by atoms with Crippen molar-refractivity contribution in [3.8, 4) is 0 Å². The molecule has 0 fully saturated rings. The number of unbranched alkanes of at least 4 members (excludes halogenated alkanes) is 16. The lowest BCUT2D eigenvalue weighted by Crippen LogP contribution is -2.30. The van der Waals surface area contributed by atoms with Crippen molar-refractivity contribution in [1.82, 2.24) is 0 Å². The molecule has 0 aromatic rings. The number of rotatable bonds is 55. The van der Waals surface area contributed by atoms with E-state index in [1.807, 2.05) is 0 Å². The maximum absolute atomic E-state index is 12.8. The minimum absolute atomic E-state index is 0.109. The summed E-state index contributed by atoms with van der Waals surface area (Å²) in [6.07, 6.45) is 96.7. The van der Waals surface area contributed by atoms with Crippen LogP contribution in [0.3, 0.4) is 0 Å². The third-order valence-electron chi connectivity index (χ3n) is 12.7. The number of hydrogen-bond acceptors (Lipinski definition) is 6. The summed E-state index contributed by atoms with van der Waals surface area (Å²) < 4.78 is 16.8. The van der Waals surface area contributed by atoms with E-state index in [9.17, 15) is 14.4 Å². The highest BCUT2D eigenvalue weighted by atomic mass is 16.6. The van der Waals surface area contributed by atoms with E-state index in [1.54, 1.807) is 0 Å². The average molecular weight is 1090 g/mol. The summed E-state index contributed by atoms with van der Waals surface area (Å²) in [5, 5.41) is 0. The second-order valence-electron chi connectivity index (χ2n) is 20.2. The smallest absolute Gasteiger partial charge is 0.306 e. The van der Waals surface area contributed by atoms with Gasteiger partial charge in [-0.2, -0.15) is 0 Å². The van der Waals surface area contributed by atoms with Gasteiger partial charge >= 0.3 is 17.9 Å². The van der Waals surface area contributed by atoms with E-state index in [-0.39, 0.29) is 37.5 Å². The zero-order chi connectivity index (χ0) is 57.1. The fourth-order valence-electron chi connectivity index (χ4n) is 8.06. The first-order valence-corrected chi connectivity index (χ1v) is 31.6. The van der Waals surface area contributed by atoms with Gasteiger partial charge in [-0.05, 0) is 128 Å². The van der Waals surface area contributed by atoms with Crippen molar-refractivity contribution < 1.29 is 28.6 Å². The summed E-state index contributed by atoms with van der Waals surface area (Å²) in [5.74, 6) is -0.989. The molecular weight excluding hydrogens is 973 g/mol. The van der Waals surface area contributed by atoms with Gasteiger partial charge in [-0.25, -0.2) is 0 Å². The van der Waals surface area contributed by atoms with E-state index in [0.29, 0.717) is 19.3 Å². The Morgan fingerprint density at radius 2 is 0.506 bits per heavy atom. The van der Waals surface area contributed by atoms with E-state index in [4.69, 9.17) is 14.2 Å². The molecule has 6 nitrogen and oxygen atoms in total. The van der Waals surface area contributed by atoms with Crippen LogP contribution < -0.4 is 0 Å². The number of carbonyl (C=O) groups is 3. The SMILES string of the molecule is CC/C=C\C/C=C\C/C=C\C/C=C\C/C=C\C/C=C\C/C=C\CCCCCCCCCCCC(=O)OCC(COC(=O)CCCCCCCCC)OC(=O)CCC/C=C\C/C=C\C/C=C\C/C=C\C/C=C\C/C=C\C/C=C\CC. The van der Waals surface area contributed by atoms with Crippen molar-refractivity contribution in [3.63, 3.8) is 0 Å². The van der Waals surface area contributed by atoms with E-state index >= 15 is 0 Å². The zero-order valence-corrected chi connectivity index (χ0v) is 50.6. The van der Waals surface area contributed by atoms with E-state index in [0.717, 1.165) is 141 Å². The molecule has 0 radical (unpaired) electrons. The van der Waals surface area contributed by atoms with Gasteiger partial charge in [0.05, 0.1) is 0 Å². The van der Waals surface area contributed by atoms with Crippen LogP contribution in [0.2, 0.25) is 0 Å². The fourth-order valence-corrected chi connectivity index (χ4v) is 8.06. The van der Waals surface area contributed by atoms with Gasteiger partial charge in [0.15, 0.2) is 6.10 Å². The largest absolute Gasteiger partial charge is 0.462 e. The Morgan fingerprint density at radius 3 is 0.810 bits per heavy atom. The van der Waals surface area contributed by atoms with Crippen molar-refractivity contribution >= 4 is 17.9 Å². The molecule has 0 rings (SSSR count). The van der Waals surface area contributed by atoms with Gasteiger partial charge in [-0.3, -0.25) is 14.4 Å². The Balaban J connectivity index is 4.27. The van der Waals surface area contributed by atoms with E-state index in [1.165, 1.54) is 64.2 Å². The zero-order valence-electron chi connectivity index (χ0n) is 50.6. The van der Waals surface area contributed by atoms with E-state index in [2.05, 4.69) is 191 Å². The molecule has 0 aliphatic carbocycles. The Labute approximate surface area is 485 Å². The highest BCUT2D eigenvalue weighted by molar-refractivity contribution is 5.71. The fraction of sp³-hybridized carbons (Fsp3) is 0.575. The Kier molecular flexibility index (Phi) is 61.0. The summed E-state index contributed by atoms with van der Waals surface area (Å²) in [4.78, 5) is 38.0. The van der Waals surface area contributed by atoms with Crippen molar-refractivity contribution in [3.05, 3.63) is 170 Å². The van der Waals surface area contributed by atoms with Crippen molar-refractivity contribution in [2.45, 2.75) is 258 Å². The van der Waals surface area contributed by atoms with Crippen molar-refractivity contribution in [2.75, 3.05) is 13.2 Å². The minimum atomic E-state index is -0.817. The van der Waals surface area contributed by atoms with Gasteiger partial charge < -0.3 is 14.2 Å². The Morgan fingerprint density at radius 1 is 0.266 bits per heavy atom. The standard InChI is InChI=1S/C73H114O6/c1-4-7-10-13-16-18-20-22-24-26-28-30-32-33-34-35-36-37-38-39-41-42-44-46-48-50-52-54-57-60-63-66-72(75)78-69-70(68-77-71(74)65-62-59-56-15-12-9-6-3)79-73(76)67-64-61-58-55-53-51-49-47-45-43-40-31-29-27-25-23-21-19-17-14-11-8-5-2/h7-8,10-11,16-19,22-25,28-31,33-34,36-37,39,41,43,45,49,51,55,58,70H,4-6,9,12-15,20-21,26-27,32,35,38,40,42,44,46-48,50,52-54,56-57,59-69H2,1-3H3/b10-7-,11-8-,18-16-,19-17-,24-22-,25-23-,30-28-,31-29-,34-33-,37-36-,41-39-,45-43-,51-49-,58-55-. The predicted molar refractivity (Wildman–Crippen MR) is 343 cm³/mol. The minimum Gasteiger partial charge on any atom is -0.462 e. The van der Waals surface area contributed by atoms with Gasteiger partial charge in [-0.15, -0.1) is 0 Å². The maximum Gasteiger partial charge on any atom is 0.306 e. The first-order chi connectivity index (χ1) is 39.0. The van der Waals surface area contributed by atoms with Crippen LogP contribution in [0.5, 0.6) is 0 Å². The molecule has 1 atom stereocenters. The molecule has 79 heavy (non-hydrogen) atoms. The molecule has 0 N–H and O–H groups in total. The Bertz CT molecular complexity index is 1820. The number of esters is 3. The second kappa shape index (κ2) is 65.3. The molecule has 0 bridgehead atoms. The lowest BCUT2D eigenvalue weighted by atomic mass is 10.1. The Hall–Kier alpha value is -5.23. The van der Waals surface area contributed by atoms with Crippen molar-refractivity contribution in [1.29, 1.82) is 0 Å². The molecule has 0 spiro atoms. The monoisotopic (exact) mass is 1090 g/mol. The molecule has 0 aliphatic heterocycles. The van der Waals surface area contributed by atoms with Crippen LogP contribution in [0.4, 0.5) is 0 Å². The van der Waals surface area contributed by atoms with Crippen LogP contribution in [0.25, 0.3) is 0 Å². The highest BCUT2D eigenvalue weighted by Crippen LogP contribution is 2.14. The molecule has 1 unspecified atom stereocenters. The molecular formula is C73H114O6.